The molecule has 1 amide bonds. The molecule has 0 unspecified atom stereocenters. The number of amides is 1. The van der Waals surface area contributed by atoms with Crippen molar-refractivity contribution < 1.29 is 4.79 Å². The van der Waals surface area contributed by atoms with E-state index in [0.29, 0.717) is 6.54 Å². The summed E-state index contributed by atoms with van der Waals surface area (Å²) in [7, 11) is 1.96. The van der Waals surface area contributed by atoms with Crippen molar-refractivity contribution in [1.29, 1.82) is 0 Å². The number of likely N-dealkylation sites (N-methyl/N-ethyl adjacent to an activating group) is 1. The first kappa shape index (κ1) is 16.6. The molecule has 0 heterocycles. The maximum absolute atomic E-state index is 12.1. The van der Waals surface area contributed by atoms with Crippen LogP contribution in [0.2, 0.25) is 0 Å². The maximum Gasteiger partial charge on any atom is 0.238 e. The first-order valence-corrected chi connectivity index (χ1v) is 8.48. The Labute approximate surface area is 136 Å². The van der Waals surface area contributed by atoms with Crippen molar-refractivity contribution in [3.8, 4) is 0 Å². The third-order valence-corrected chi connectivity index (χ3v) is 4.19. The first-order valence-electron chi connectivity index (χ1n) is 7.25. The van der Waals surface area contributed by atoms with Crippen molar-refractivity contribution in [2.45, 2.75) is 18.4 Å². The Bertz CT molecular complexity index is 642. The number of hydrogen-bond acceptors (Lipinski definition) is 3. The van der Waals surface area contributed by atoms with Gasteiger partial charge in [0, 0.05) is 17.1 Å². The summed E-state index contributed by atoms with van der Waals surface area (Å²) in [5, 5.41) is 2.95. The summed E-state index contributed by atoms with van der Waals surface area (Å²) in [5.41, 5.74) is 3.35. The molecule has 0 aliphatic heterocycles. The van der Waals surface area contributed by atoms with Crippen LogP contribution in [0.15, 0.2) is 53.4 Å². The number of thioether (sulfide) groups is 1. The van der Waals surface area contributed by atoms with E-state index >= 15 is 0 Å². The second-order valence-corrected chi connectivity index (χ2v) is 6.26. The minimum Gasteiger partial charge on any atom is -0.325 e. The van der Waals surface area contributed by atoms with Crippen molar-refractivity contribution in [2.75, 3.05) is 25.2 Å². The summed E-state index contributed by atoms with van der Waals surface area (Å²) in [6, 6.07) is 16.2. The van der Waals surface area contributed by atoms with Gasteiger partial charge in [0.2, 0.25) is 5.91 Å². The summed E-state index contributed by atoms with van der Waals surface area (Å²) < 4.78 is 0. The number of benzene rings is 2. The third-order valence-electron chi connectivity index (χ3n) is 3.47. The quantitative estimate of drug-likeness (QED) is 0.823. The lowest BCUT2D eigenvalue weighted by atomic mass is 10.1. The second kappa shape index (κ2) is 8.01. The van der Waals surface area contributed by atoms with Gasteiger partial charge in [-0.3, -0.25) is 9.69 Å². The number of nitrogens with one attached hydrogen (secondary N) is 1. The standard InChI is InChI=1S/C18H22N2OS/c1-14-7-4-5-8-15(14)12-20(2)13-18(21)19-16-9-6-10-17(11-16)22-3/h4-11H,12-13H2,1-3H3,(H,19,21). The van der Waals surface area contributed by atoms with Crippen molar-refractivity contribution in [3.05, 3.63) is 59.7 Å². The Morgan fingerprint density at radius 1 is 1.18 bits per heavy atom. The van der Waals surface area contributed by atoms with Gasteiger partial charge in [0.05, 0.1) is 6.54 Å². The van der Waals surface area contributed by atoms with Gasteiger partial charge in [0.15, 0.2) is 0 Å². The van der Waals surface area contributed by atoms with E-state index in [9.17, 15) is 4.79 Å². The molecule has 0 bridgehead atoms. The van der Waals surface area contributed by atoms with Gasteiger partial charge in [-0.2, -0.15) is 0 Å². The average molecular weight is 314 g/mol. The van der Waals surface area contributed by atoms with Gasteiger partial charge in [-0.1, -0.05) is 30.3 Å². The zero-order valence-electron chi connectivity index (χ0n) is 13.3. The van der Waals surface area contributed by atoms with E-state index in [-0.39, 0.29) is 5.91 Å². The molecule has 2 rings (SSSR count). The summed E-state index contributed by atoms with van der Waals surface area (Å²) in [5.74, 6) is 0.00865. The highest BCUT2D eigenvalue weighted by Gasteiger charge is 2.09. The molecule has 22 heavy (non-hydrogen) atoms. The molecule has 116 valence electrons. The van der Waals surface area contributed by atoms with E-state index in [0.717, 1.165) is 17.1 Å². The molecule has 4 heteroatoms. The predicted octanol–water partition coefficient (Wildman–Crippen LogP) is 3.79. The summed E-state index contributed by atoms with van der Waals surface area (Å²) in [6.07, 6.45) is 2.02. The Hall–Kier alpha value is -1.78. The molecular formula is C18H22N2OS. The highest BCUT2D eigenvalue weighted by Crippen LogP contribution is 2.19. The largest absolute Gasteiger partial charge is 0.325 e. The average Bonchev–Trinajstić information content (AvgIpc) is 2.49. The molecule has 0 spiro atoms. The Morgan fingerprint density at radius 2 is 1.95 bits per heavy atom. The fraction of sp³-hybridized carbons (Fsp3) is 0.278. The molecule has 0 atom stereocenters. The number of aryl methyl sites for hydroxylation is 1. The number of anilines is 1. The zero-order chi connectivity index (χ0) is 15.9. The Balaban J connectivity index is 1.90. The second-order valence-electron chi connectivity index (χ2n) is 5.38. The van der Waals surface area contributed by atoms with E-state index in [1.54, 1.807) is 11.8 Å². The van der Waals surface area contributed by atoms with Crippen LogP contribution in [0.5, 0.6) is 0 Å². The van der Waals surface area contributed by atoms with Crippen LogP contribution >= 0.6 is 11.8 Å². The summed E-state index contributed by atoms with van der Waals surface area (Å²) >= 11 is 1.67. The molecule has 0 saturated carbocycles. The minimum atomic E-state index is 0.00865. The smallest absolute Gasteiger partial charge is 0.238 e. The van der Waals surface area contributed by atoms with Gasteiger partial charge in [-0.05, 0) is 49.6 Å². The topological polar surface area (TPSA) is 32.3 Å². The lowest BCUT2D eigenvalue weighted by molar-refractivity contribution is -0.117. The van der Waals surface area contributed by atoms with Crippen LogP contribution in [-0.4, -0.2) is 30.7 Å². The molecule has 0 aromatic heterocycles. The number of carbonyl (C=O) groups excluding carboxylic acids is 1. The molecule has 0 fully saturated rings. The van der Waals surface area contributed by atoms with Crippen molar-refractivity contribution in [1.82, 2.24) is 4.90 Å². The molecule has 3 nitrogen and oxygen atoms in total. The Kier molecular flexibility index (Phi) is 6.04. The van der Waals surface area contributed by atoms with E-state index in [4.69, 9.17) is 0 Å². The van der Waals surface area contributed by atoms with E-state index in [1.807, 2.05) is 54.6 Å². The molecule has 0 radical (unpaired) electrons. The Morgan fingerprint density at radius 3 is 2.68 bits per heavy atom. The fourth-order valence-electron chi connectivity index (χ4n) is 2.28. The van der Waals surface area contributed by atoms with Crippen molar-refractivity contribution in [3.63, 3.8) is 0 Å². The maximum atomic E-state index is 12.1. The van der Waals surface area contributed by atoms with Crippen LogP contribution in [-0.2, 0) is 11.3 Å². The predicted molar refractivity (Wildman–Crippen MR) is 94.4 cm³/mol. The van der Waals surface area contributed by atoms with Crippen LogP contribution in [0.25, 0.3) is 0 Å². The first-order chi connectivity index (χ1) is 10.6. The van der Waals surface area contributed by atoms with Gasteiger partial charge in [-0.25, -0.2) is 0 Å². The van der Waals surface area contributed by atoms with Gasteiger partial charge in [0.25, 0.3) is 0 Å². The lowest BCUT2D eigenvalue weighted by Gasteiger charge is -2.17. The van der Waals surface area contributed by atoms with E-state index in [2.05, 4.69) is 24.4 Å². The molecule has 0 saturated heterocycles. The van der Waals surface area contributed by atoms with E-state index in [1.165, 1.54) is 11.1 Å². The van der Waals surface area contributed by atoms with Crippen molar-refractivity contribution >= 4 is 23.4 Å². The van der Waals surface area contributed by atoms with Crippen LogP contribution in [0.3, 0.4) is 0 Å². The number of hydrogen-bond donors (Lipinski definition) is 1. The van der Waals surface area contributed by atoms with Crippen LogP contribution in [0, 0.1) is 6.92 Å². The zero-order valence-corrected chi connectivity index (χ0v) is 14.1. The summed E-state index contributed by atoms with van der Waals surface area (Å²) in [6.45, 7) is 3.24. The van der Waals surface area contributed by atoms with E-state index < -0.39 is 0 Å². The van der Waals surface area contributed by atoms with Gasteiger partial charge >= 0.3 is 0 Å². The lowest BCUT2D eigenvalue weighted by Crippen LogP contribution is -2.30. The summed E-state index contributed by atoms with van der Waals surface area (Å²) in [4.78, 5) is 15.3. The number of carbonyl (C=O) groups is 1. The molecule has 0 aliphatic rings. The number of rotatable bonds is 6. The number of nitrogens with zero attached hydrogens (tertiary/aromatic N) is 1. The monoisotopic (exact) mass is 314 g/mol. The SMILES string of the molecule is CSc1cccc(NC(=O)CN(C)Cc2ccccc2C)c1. The van der Waals surface area contributed by atoms with Crippen LogP contribution in [0.4, 0.5) is 5.69 Å². The molecule has 2 aromatic rings. The highest BCUT2D eigenvalue weighted by molar-refractivity contribution is 7.98. The third kappa shape index (κ3) is 4.90. The van der Waals surface area contributed by atoms with Gasteiger partial charge < -0.3 is 5.32 Å². The molecule has 2 aromatic carbocycles. The van der Waals surface area contributed by atoms with Gasteiger partial charge in [0.1, 0.15) is 0 Å². The van der Waals surface area contributed by atoms with Crippen molar-refractivity contribution in [2.24, 2.45) is 0 Å². The van der Waals surface area contributed by atoms with Crippen LogP contribution in [0.1, 0.15) is 11.1 Å². The molecular weight excluding hydrogens is 292 g/mol. The molecule has 1 N–H and O–H groups in total. The highest BCUT2D eigenvalue weighted by atomic mass is 32.2. The van der Waals surface area contributed by atoms with Gasteiger partial charge in [-0.15, -0.1) is 11.8 Å². The fourth-order valence-corrected chi connectivity index (χ4v) is 2.74. The minimum absolute atomic E-state index is 0.00865. The molecule has 0 aliphatic carbocycles. The normalized spacial score (nSPS) is 10.7. The van der Waals surface area contributed by atoms with Crippen LogP contribution < -0.4 is 5.32 Å².